The van der Waals surface area contributed by atoms with Gasteiger partial charge in [0, 0.05) is 6.20 Å². The maximum Gasteiger partial charge on any atom is 0.330 e. The van der Waals surface area contributed by atoms with Crippen molar-refractivity contribution in [2.24, 2.45) is 0 Å². The summed E-state index contributed by atoms with van der Waals surface area (Å²) in [5, 5.41) is 0. The zero-order valence-electron chi connectivity index (χ0n) is 12.0. The maximum absolute atomic E-state index is 12.1. The van der Waals surface area contributed by atoms with Gasteiger partial charge in [-0.2, -0.15) is 0 Å². The second-order valence-corrected chi connectivity index (χ2v) is 5.10. The minimum absolute atomic E-state index is 0.251. The number of aromatic amines is 2. The fraction of sp³-hybridized carbons (Fsp3) is 0. The van der Waals surface area contributed by atoms with Crippen LogP contribution in [0.3, 0.4) is 0 Å². The molecule has 2 N–H and O–H groups in total. The Hall–Kier alpha value is -3.41. The third-order valence-corrected chi connectivity index (χ3v) is 3.63. The minimum atomic E-state index is -0.298. The molecule has 0 spiro atoms. The highest BCUT2D eigenvalue weighted by Crippen LogP contribution is 2.10. The molecule has 0 radical (unpaired) electrons. The molecule has 0 unspecified atom stereocenters. The molecule has 0 atom stereocenters. The summed E-state index contributed by atoms with van der Waals surface area (Å²) in [5.74, 6) is 0. The lowest BCUT2D eigenvalue weighted by Gasteiger charge is -1.99. The minimum Gasteiger partial charge on any atom is -0.319 e. The van der Waals surface area contributed by atoms with Gasteiger partial charge in [-0.15, -0.1) is 0 Å². The van der Waals surface area contributed by atoms with Crippen LogP contribution in [-0.4, -0.2) is 19.5 Å². The van der Waals surface area contributed by atoms with Crippen molar-refractivity contribution in [3.63, 3.8) is 0 Å². The Morgan fingerprint density at radius 2 is 1.65 bits per heavy atom. The molecule has 0 fully saturated rings. The average Bonchev–Trinajstić information content (AvgIpc) is 2.88. The van der Waals surface area contributed by atoms with Gasteiger partial charge in [-0.05, 0) is 30.3 Å². The van der Waals surface area contributed by atoms with Gasteiger partial charge in [0.15, 0.2) is 0 Å². The number of nitrogens with zero attached hydrogens (tertiary/aromatic N) is 2. The predicted octanol–water partition coefficient (Wildman–Crippen LogP) is 2.19. The first-order valence-electron chi connectivity index (χ1n) is 7.09. The third kappa shape index (κ3) is 2.26. The summed E-state index contributed by atoms with van der Waals surface area (Å²) in [6.45, 7) is 0. The van der Waals surface area contributed by atoms with E-state index in [0.29, 0.717) is 11.0 Å². The van der Waals surface area contributed by atoms with Crippen LogP contribution in [0.1, 0.15) is 5.69 Å². The first kappa shape index (κ1) is 13.3. The second-order valence-electron chi connectivity index (χ2n) is 5.10. The van der Waals surface area contributed by atoms with Gasteiger partial charge in [-0.25, -0.2) is 9.78 Å². The molecule has 0 saturated heterocycles. The molecule has 0 aliphatic heterocycles. The molecule has 4 aromatic rings. The summed E-state index contributed by atoms with van der Waals surface area (Å²) in [6, 6.07) is 14.6. The molecule has 4 rings (SSSR count). The first-order valence-corrected chi connectivity index (χ1v) is 7.09. The van der Waals surface area contributed by atoms with Gasteiger partial charge in [-0.3, -0.25) is 9.36 Å². The van der Waals surface area contributed by atoms with Gasteiger partial charge in [0.1, 0.15) is 5.69 Å². The van der Waals surface area contributed by atoms with E-state index in [0.717, 1.165) is 11.0 Å². The Kier molecular flexibility index (Phi) is 2.94. The number of nitrogens with one attached hydrogen (secondary N) is 2. The van der Waals surface area contributed by atoms with Crippen molar-refractivity contribution in [3.8, 4) is 0 Å². The molecular weight excluding hydrogens is 292 g/mol. The van der Waals surface area contributed by atoms with Crippen LogP contribution in [0, 0.1) is 0 Å². The van der Waals surface area contributed by atoms with E-state index in [1.54, 1.807) is 12.3 Å². The highest BCUT2D eigenvalue weighted by atomic mass is 16.1. The van der Waals surface area contributed by atoms with Gasteiger partial charge >= 0.3 is 5.69 Å². The molecular formula is C17H12N4O2. The number of H-pyrrole nitrogens is 2. The monoisotopic (exact) mass is 304 g/mol. The highest BCUT2D eigenvalue weighted by Gasteiger charge is 2.04. The Morgan fingerprint density at radius 3 is 2.52 bits per heavy atom. The number of para-hydroxylation sites is 4. The van der Waals surface area contributed by atoms with E-state index in [1.807, 2.05) is 42.5 Å². The number of aromatic nitrogens is 4. The number of hydrogen-bond donors (Lipinski definition) is 2. The van der Waals surface area contributed by atoms with Crippen molar-refractivity contribution in [1.82, 2.24) is 19.5 Å². The summed E-state index contributed by atoms with van der Waals surface area (Å²) in [7, 11) is 0. The highest BCUT2D eigenvalue weighted by molar-refractivity contribution is 5.79. The smallest absolute Gasteiger partial charge is 0.319 e. The lowest BCUT2D eigenvalue weighted by molar-refractivity contribution is 1.08. The Labute approximate surface area is 129 Å². The van der Waals surface area contributed by atoms with Crippen molar-refractivity contribution < 1.29 is 0 Å². The topological polar surface area (TPSA) is 83.5 Å². The quantitative estimate of drug-likeness (QED) is 0.595. The lowest BCUT2D eigenvalue weighted by Crippen LogP contribution is -2.13. The molecule has 6 nitrogen and oxygen atoms in total. The van der Waals surface area contributed by atoms with E-state index >= 15 is 0 Å². The van der Waals surface area contributed by atoms with Crippen molar-refractivity contribution in [1.29, 1.82) is 0 Å². The molecule has 0 amide bonds. The summed E-state index contributed by atoms with van der Waals surface area (Å²) < 4.78 is 1.45. The second kappa shape index (κ2) is 5.10. The van der Waals surface area contributed by atoms with Crippen molar-refractivity contribution in [2.75, 3.05) is 0 Å². The average molecular weight is 304 g/mol. The fourth-order valence-electron chi connectivity index (χ4n) is 2.52. The maximum atomic E-state index is 12.1. The first-order chi connectivity index (χ1) is 11.2. The Bertz CT molecular complexity index is 1160. The number of benzene rings is 2. The van der Waals surface area contributed by atoms with Gasteiger partial charge in [0.2, 0.25) is 0 Å². The normalized spacial score (nSPS) is 11.7. The summed E-state index contributed by atoms with van der Waals surface area (Å²) in [6.07, 6.45) is 3.08. The number of imidazole rings is 1. The van der Waals surface area contributed by atoms with Crippen LogP contribution in [0.15, 0.2) is 58.1 Å². The van der Waals surface area contributed by atoms with Crippen LogP contribution in [-0.2, 0) is 0 Å². The van der Waals surface area contributed by atoms with E-state index in [4.69, 9.17) is 0 Å². The molecule has 2 aromatic heterocycles. The van der Waals surface area contributed by atoms with E-state index in [-0.39, 0.29) is 16.9 Å². The van der Waals surface area contributed by atoms with E-state index < -0.39 is 0 Å². The predicted molar refractivity (Wildman–Crippen MR) is 90.1 cm³/mol. The molecule has 2 aromatic carbocycles. The van der Waals surface area contributed by atoms with E-state index in [1.165, 1.54) is 10.6 Å². The fourth-order valence-corrected chi connectivity index (χ4v) is 2.52. The number of rotatable bonds is 2. The molecule has 0 aliphatic rings. The molecule has 112 valence electrons. The zero-order valence-corrected chi connectivity index (χ0v) is 12.0. The van der Waals surface area contributed by atoms with Crippen LogP contribution < -0.4 is 11.2 Å². The van der Waals surface area contributed by atoms with E-state index in [9.17, 15) is 9.59 Å². The van der Waals surface area contributed by atoms with Crippen LogP contribution in [0.5, 0.6) is 0 Å². The van der Waals surface area contributed by atoms with Crippen LogP contribution in [0.2, 0.25) is 0 Å². The molecule has 0 saturated carbocycles. The standard InChI is InChI=1S/C17H12N4O2/c22-16-14(18-11-5-1-2-6-12(11)19-16)9-10-21-15-8-4-3-7-13(15)20-17(21)23/h1-10H,(H,19,22)(H,20,23)/b10-9+. The largest absolute Gasteiger partial charge is 0.330 e. The lowest BCUT2D eigenvalue weighted by atomic mass is 10.3. The summed E-state index contributed by atoms with van der Waals surface area (Å²) in [4.78, 5) is 33.9. The van der Waals surface area contributed by atoms with Crippen molar-refractivity contribution in [2.45, 2.75) is 0 Å². The molecule has 0 bridgehead atoms. The molecule has 6 heteroatoms. The molecule has 2 heterocycles. The SMILES string of the molecule is O=c1[nH]c2ccccc2nc1/C=C/n1c(=O)[nH]c2ccccc21. The number of fused-ring (bicyclic) bond motifs is 2. The molecule has 23 heavy (non-hydrogen) atoms. The van der Waals surface area contributed by atoms with Gasteiger partial charge < -0.3 is 9.97 Å². The van der Waals surface area contributed by atoms with E-state index in [2.05, 4.69) is 15.0 Å². The van der Waals surface area contributed by atoms with Gasteiger partial charge in [0.05, 0.1) is 22.1 Å². The summed E-state index contributed by atoms with van der Waals surface area (Å²) >= 11 is 0. The van der Waals surface area contributed by atoms with Crippen molar-refractivity contribution in [3.05, 3.63) is 75.1 Å². The number of hydrogen-bond acceptors (Lipinski definition) is 3. The van der Waals surface area contributed by atoms with Gasteiger partial charge in [0.25, 0.3) is 5.56 Å². The zero-order chi connectivity index (χ0) is 15.8. The van der Waals surface area contributed by atoms with Crippen LogP contribution in [0.4, 0.5) is 0 Å². The van der Waals surface area contributed by atoms with Crippen molar-refractivity contribution >= 4 is 34.3 Å². The van der Waals surface area contributed by atoms with Gasteiger partial charge in [-0.1, -0.05) is 24.3 Å². The van der Waals surface area contributed by atoms with Crippen LogP contribution in [0.25, 0.3) is 34.3 Å². The molecule has 0 aliphatic carbocycles. The Balaban J connectivity index is 1.85. The third-order valence-electron chi connectivity index (χ3n) is 3.63. The Morgan fingerprint density at radius 1 is 0.913 bits per heavy atom. The van der Waals surface area contributed by atoms with Crippen LogP contribution >= 0.6 is 0 Å². The summed E-state index contributed by atoms with van der Waals surface area (Å²) in [5.41, 5.74) is 2.54.